The van der Waals surface area contributed by atoms with E-state index in [-0.39, 0.29) is 5.54 Å². The number of hydrogen-bond donors (Lipinski definition) is 1. The molecule has 114 valence electrons. The SMILES string of the molecule is Cc1cc(C#N)cc(CN(NC(C)(C)C)c2cc(=O)c2=O)c1. The summed E-state index contributed by atoms with van der Waals surface area (Å²) in [6, 6.07) is 9.02. The quantitative estimate of drug-likeness (QED) is 0.688. The van der Waals surface area contributed by atoms with Gasteiger partial charge in [0.1, 0.15) is 5.69 Å². The second kappa shape index (κ2) is 5.74. The lowest BCUT2D eigenvalue weighted by atomic mass is 10.1. The van der Waals surface area contributed by atoms with E-state index >= 15 is 0 Å². The fourth-order valence-electron chi connectivity index (χ4n) is 2.29. The number of rotatable bonds is 4. The summed E-state index contributed by atoms with van der Waals surface area (Å²) in [6.07, 6.45) is 0. The fraction of sp³-hybridized carbons (Fsp3) is 0.353. The van der Waals surface area contributed by atoms with E-state index in [4.69, 9.17) is 5.26 Å². The Hall–Kier alpha value is -2.45. The van der Waals surface area contributed by atoms with Gasteiger partial charge in [0.15, 0.2) is 0 Å². The Labute approximate surface area is 129 Å². The van der Waals surface area contributed by atoms with E-state index in [1.54, 1.807) is 11.1 Å². The second-order valence-electron chi connectivity index (χ2n) is 6.49. The third-order valence-corrected chi connectivity index (χ3v) is 3.09. The van der Waals surface area contributed by atoms with Gasteiger partial charge in [0, 0.05) is 11.6 Å². The maximum atomic E-state index is 11.7. The first-order valence-electron chi connectivity index (χ1n) is 7.06. The highest BCUT2D eigenvalue weighted by molar-refractivity contribution is 5.50. The van der Waals surface area contributed by atoms with Gasteiger partial charge in [-0.2, -0.15) is 5.26 Å². The Morgan fingerprint density at radius 2 is 1.86 bits per heavy atom. The minimum atomic E-state index is -0.482. The lowest BCUT2D eigenvalue weighted by molar-refractivity contribution is 0.402. The molecule has 0 saturated carbocycles. The van der Waals surface area contributed by atoms with Gasteiger partial charge in [-0.15, -0.1) is 0 Å². The number of benzene rings is 1. The van der Waals surface area contributed by atoms with Crippen LogP contribution in [0, 0.1) is 18.3 Å². The first-order chi connectivity index (χ1) is 10.2. The molecule has 5 heteroatoms. The third-order valence-electron chi connectivity index (χ3n) is 3.09. The first-order valence-corrected chi connectivity index (χ1v) is 7.06. The predicted molar refractivity (Wildman–Crippen MR) is 86.3 cm³/mol. The van der Waals surface area contributed by atoms with Crippen molar-refractivity contribution in [1.82, 2.24) is 5.43 Å². The molecule has 0 aromatic heterocycles. The number of hydrazine groups is 1. The summed E-state index contributed by atoms with van der Waals surface area (Å²) in [5, 5.41) is 10.7. The highest BCUT2D eigenvalue weighted by atomic mass is 16.2. The molecule has 0 unspecified atom stereocenters. The van der Waals surface area contributed by atoms with Crippen LogP contribution in [-0.4, -0.2) is 5.54 Å². The molecule has 0 aliphatic heterocycles. The Morgan fingerprint density at radius 3 is 2.36 bits per heavy atom. The Bertz CT molecular complexity index is 803. The summed E-state index contributed by atoms with van der Waals surface area (Å²) in [5.74, 6) is 0. The number of nitriles is 1. The number of nitrogens with one attached hydrogen (secondary N) is 1. The van der Waals surface area contributed by atoms with Crippen LogP contribution >= 0.6 is 0 Å². The van der Waals surface area contributed by atoms with Crippen molar-refractivity contribution in [3.05, 3.63) is 61.4 Å². The van der Waals surface area contributed by atoms with Crippen LogP contribution in [0.25, 0.3) is 0 Å². The van der Waals surface area contributed by atoms with Crippen LogP contribution in [0.4, 0.5) is 5.69 Å². The van der Waals surface area contributed by atoms with E-state index in [9.17, 15) is 9.59 Å². The number of hydrogen-bond acceptors (Lipinski definition) is 5. The van der Waals surface area contributed by atoms with Crippen LogP contribution in [0.3, 0.4) is 0 Å². The van der Waals surface area contributed by atoms with Crippen molar-refractivity contribution in [2.24, 2.45) is 0 Å². The number of aryl methyl sites for hydroxylation is 1. The van der Waals surface area contributed by atoms with Crippen molar-refractivity contribution >= 4 is 5.69 Å². The minimum Gasteiger partial charge on any atom is -0.299 e. The van der Waals surface area contributed by atoms with Crippen LogP contribution in [0.1, 0.15) is 37.5 Å². The summed E-state index contributed by atoms with van der Waals surface area (Å²) in [7, 11) is 0. The average molecular weight is 297 g/mol. The van der Waals surface area contributed by atoms with E-state index in [0.29, 0.717) is 17.8 Å². The lowest BCUT2D eigenvalue weighted by Crippen LogP contribution is -2.53. The summed E-state index contributed by atoms with van der Waals surface area (Å²) in [6.45, 7) is 8.25. The van der Waals surface area contributed by atoms with Gasteiger partial charge in [-0.1, -0.05) is 6.07 Å². The molecule has 0 atom stereocenters. The van der Waals surface area contributed by atoms with Gasteiger partial charge in [-0.25, -0.2) is 5.43 Å². The molecule has 0 aliphatic rings. The molecule has 0 heterocycles. The molecule has 22 heavy (non-hydrogen) atoms. The van der Waals surface area contributed by atoms with Crippen LogP contribution in [0.2, 0.25) is 0 Å². The van der Waals surface area contributed by atoms with E-state index in [1.807, 2.05) is 39.8 Å². The van der Waals surface area contributed by atoms with E-state index in [1.165, 1.54) is 6.07 Å². The van der Waals surface area contributed by atoms with E-state index < -0.39 is 10.9 Å². The molecule has 0 aliphatic carbocycles. The summed E-state index contributed by atoms with van der Waals surface area (Å²) in [5.41, 5.74) is 4.83. The van der Waals surface area contributed by atoms with Crippen molar-refractivity contribution in [3.63, 3.8) is 0 Å². The summed E-state index contributed by atoms with van der Waals surface area (Å²) in [4.78, 5) is 22.9. The first kappa shape index (κ1) is 15.9. The van der Waals surface area contributed by atoms with Gasteiger partial charge < -0.3 is 0 Å². The Balaban J connectivity index is 2.34. The van der Waals surface area contributed by atoms with Crippen LogP contribution < -0.4 is 21.3 Å². The number of anilines is 1. The summed E-state index contributed by atoms with van der Waals surface area (Å²) >= 11 is 0. The minimum absolute atomic E-state index is 0.262. The smallest absolute Gasteiger partial charge is 0.250 e. The van der Waals surface area contributed by atoms with Gasteiger partial charge in [0.25, 0.3) is 0 Å². The lowest BCUT2D eigenvalue weighted by Gasteiger charge is -2.33. The van der Waals surface area contributed by atoms with Gasteiger partial charge >= 0.3 is 0 Å². The predicted octanol–water partition coefficient (Wildman–Crippen LogP) is 1.77. The fourth-order valence-corrected chi connectivity index (χ4v) is 2.29. The monoisotopic (exact) mass is 297 g/mol. The maximum absolute atomic E-state index is 11.7. The highest BCUT2D eigenvalue weighted by Gasteiger charge is 2.22. The molecular weight excluding hydrogens is 278 g/mol. The zero-order valence-electron chi connectivity index (χ0n) is 13.2. The zero-order valence-corrected chi connectivity index (χ0v) is 13.2. The molecule has 2 rings (SSSR count). The molecule has 2 aromatic carbocycles. The highest BCUT2D eigenvalue weighted by Crippen LogP contribution is 2.16. The maximum Gasteiger partial charge on any atom is 0.250 e. The van der Waals surface area contributed by atoms with Crippen LogP contribution in [-0.2, 0) is 6.54 Å². The Kier molecular flexibility index (Phi) is 4.16. The van der Waals surface area contributed by atoms with Gasteiger partial charge in [-0.05, 0) is 51.0 Å². The van der Waals surface area contributed by atoms with Crippen molar-refractivity contribution in [2.75, 3.05) is 5.01 Å². The average Bonchev–Trinajstić information content (AvgIpc) is 2.41. The number of nitrogens with zero attached hydrogens (tertiary/aromatic N) is 2. The molecule has 1 N–H and O–H groups in total. The molecule has 0 saturated heterocycles. The molecule has 5 nitrogen and oxygen atoms in total. The van der Waals surface area contributed by atoms with Gasteiger partial charge in [-0.3, -0.25) is 14.6 Å². The molecule has 0 radical (unpaired) electrons. The van der Waals surface area contributed by atoms with E-state index in [0.717, 1.165) is 11.1 Å². The summed E-state index contributed by atoms with van der Waals surface area (Å²) < 4.78 is 0. The Morgan fingerprint density at radius 1 is 1.18 bits per heavy atom. The zero-order chi connectivity index (χ0) is 16.5. The van der Waals surface area contributed by atoms with E-state index in [2.05, 4.69) is 11.5 Å². The van der Waals surface area contributed by atoms with Crippen molar-refractivity contribution < 1.29 is 0 Å². The third kappa shape index (κ3) is 3.60. The van der Waals surface area contributed by atoms with Crippen molar-refractivity contribution in [1.29, 1.82) is 5.26 Å². The molecule has 0 spiro atoms. The van der Waals surface area contributed by atoms with Crippen molar-refractivity contribution in [2.45, 2.75) is 39.8 Å². The van der Waals surface area contributed by atoms with Gasteiger partial charge in [0.05, 0.1) is 18.2 Å². The van der Waals surface area contributed by atoms with Crippen LogP contribution in [0.15, 0.2) is 33.9 Å². The standard InChI is InChI=1S/C17H19N3O2/c1-11-5-12(9-18)7-13(6-11)10-20(19-17(2,3)4)14-8-15(21)16(14)22/h5-8,19H,10H2,1-4H3. The second-order valence-corrected chi connectivity index (χ2v) is 6.49. The van der Waals surface area contributed by atoms with Crippen LogP contribution in [0.5, 0.6) is 0 Å². The molecular formula is C17H19N3O2. The largest absolute Gasteiger partial charge is 0.299 e. The molecule has 2 aromatic rings. The normalized spacial score (nSPS) is 11.4. The van der Waals surface area contributed by atoms with Gasteiger partial charge in [0.2, 0.25) is 10.9 Å². The van der Waals surface area contributed by atoms with Crippen molar-refractivity contribution in [3.8, 4) is 6.07 Å². The topological polar surface area (TPSA) is 73.2 Å². The molecule has 0 bridgehead atoms. The molecule has 0 amide bonds. The molecule has 0 fully saturated rings.